The SMILES string of the molecule is CCc1ccc(/C=N/n2c(-c3ccncc3)n[nH]c2=S)cc1. The molecule has 0 aliphatic carbocycles. The molecule has 0 amide bonds. The molecule has 2 heterocycles. The Balaban J connectivity index is 1.93. The molecule has 0 atom stereocenters. The van der Waals surface area contributed by atoms with Gasteiger partial charge in [0.05, 0.1) is 6.21 Å². The number of hydrogen-bond acceptors (Lipinski definition) is 4. The van der Waals surface area contributed by atoms with Crippen molar-refractivity contribution < 1.29 is 0 Å². The third-order valence-corrected chi connectivity index (χ3v) is 3.56. The summed E-state index contributed by atoms with van der Waals surface area (Å²) in [5.41, 5.74) is 3.22. The number of hydrogen-bond donors (Lipinski definition) is 1. The number of aryl methyl sites for hydroxylation is 1. The zero-order valence-corrected chi connectivity index (χ0v) is 12.9. The van der Waals surface area contributed by atoms with Crippen molar-refractivity contribution >= 4 is 18.4 Å². The van der Waals surface area contributed by atoms with Gasteiger partial charge in [-0.1, -0.05) is 31.2 Å². The second-order valence-electron chi connectivity index (χ2n) is 4.74. The molecule has 3 aromatic rings. The Bertz CT molecular complexity index is 831. The van der Waals surface area contributed by atoms with Gasteiger partial charge in [-0.3, -0.25) is 4.98 Å². The average molecular weight is 309 g/mol. The fourth-order valence-electron chi connectivity index (χ4n) is 2.05. The molecule has 0 spiro atoms. The molecule has 5 nitrogen and oxygen atoms in total. The maximum Gasteiger partial charge on any atom is 0.216 e. The van der Waals surface area contributed by atoms with Gasteiger partial charge >= 0.3 is 0 Å². The van der Waals surface area contributed by atoms with Crippen LogP contribution in [0.4, 0.5) is 0 Å². The van der Waals surface area contributed by atoms with E-state index in [0.29, 0.717) is 10.6 Å². The Labute approximate surface area is 133 Å². The summed E-state index contributed by atoms with van der Waals surface area (Å²) >= 11 is 5.24. The first-order valence-electron chi connectivity index (χ1n) is 6.99. The molecule has 0 saturated carbocycles. The van der Waals surface area contributed by atoms with Crippen molar-refractivity contribution in [3.8, 4) is 11.4 Å². The van der Waals surface area contributed by atoms with Crippen LogP contribution in [0.25, 0.3) is 11.4 Å². The first-order chi connectivity index (χ1) is 10.8. The fraction of sp³-hybridized carbons (Fsp3) is 0.125. The molecule has 1 aromatic carbocycles. The standard InChI is InChI=1S/C16H15N5S/c1-2-12-3-5-13(6-4-12)11-18-21-15(19-20-16(21)22)14-7-9-17-10-8-14/h3-11H,2H2,1H3,(H,20,22)/b18-11+. The van der Waals surface area contributed by atoms with E-state index in [0.717, 1.165) is 17.5 Å². The van der Waals surface area contributed by atoms with Crippen molar-refractivity contribution in [1.29, 1.82) is 0 Å². The van der Waals surface area contributed by atoms with E-state index in [9.17, 15) is 0 Å². The first kappa shape index (κ1) is 14.3. The zero-order valence-electron chi connectivity index (χ0n) is 12.1. The van der Waals surface area contributed by atoms with Crippen LogP contribution in [0.2, 0.25) is 0 Å². The minimum absolute atomic E-state index is 0.452. The molecular formula is C16H15N5S. The van der Waals surface area contributed by atoms with E-state index in [-0.39, 0.29) is 0 Å². The van der Waals surface area contributed by atoms with Crippen LogP contribution < -0.4 is 0 Å². The van der Waals surface area contributed by atoms with Crippen LogP contribution in [0.3, 0.4) is 0 Å². The number of nitrogens with one attached hydrogen (secondary N) is 1. The summed E-state index contributed by atoms with van der Waals surface area (Å²) in [7, 11) is 0. The van der Waals surface area contributed by atoms with Crippen molar-refractivity contribution in [1.82, 2.24) is 19.9 Å². The van der Waals surface area contributed by atoms with E-state index in [4.69, 9.17) is 12.2 Å². The molecule has 2 aromatic heterocycles. The largest absolute Gasteiger partial charge is 0.265 e. The lowest BCUT2D eigenvalue weighted by atomic mass is 10.1. The summed E-state index contributed by atoms with van der Waals surface area (Å²) < 4.78 is 2.06. The molecule has 0 bridgehead atoms. The molecular weight excluding hydrogens is 294 g/mol. The van der Waals surface area contributed by atoms with Gasteiger partial charge in [0, 0.05) is 18.0 Å². The molecule has 0 fully saturated rings. The summed E-state index contributed by atoms with van der Waals surface area (Å²) in [6.45, 7) is 2.13. The first-order valence-corrected chi connectivity index (χ1v) is 7.40. The maximum atomic E-state index is 5.24. The number of pyridine rings is 1. The topological polar surface area (TPSA) is 58.9 Å². The van der Waals surface area contributed by atoms with Crippen LogP contribution in [-0.4, -0.2) is 26.1 Å². The maximum absolute atomic E-state index is 5.24. The molecule has 22 heavy (non-hydrogen) atoms. The minimum Gasteiger partial charge on any atom is -0.265 e. The van der Waals surface area contributed by atoms with Crippen molar-refractivity contribution in [2.45, 2.75) is 13.3 Å². The monoisotopic (exact) mass is 309 g/mol. The van der Waals surface area contributed by atoms with E-state index in [1.54, 1.807) is 23.3 Å². The average Bonchev–Trinajstić information content (AvgIpc) is 2.95. The van der Waals surface area contributed by atoms with Crippen molar-refractivity contribution in [2.75, 3.05) is 0 Å². The number of H-pyrrole nitrogens is 1. The number of nitrogens with zero attached hydrogens (tertiary/aromatic N) is 4. The normalized spacial score (nSPS) is 11.1. The lowest BCUT2D eigenvalue weighted by Gasteiger charge is -2.00. The Morgan fingerprint density at radius 2 is 1.91 bits per heavy atom. The molecule has 0 aliphatic heterocycles. The summed E-state index contributed by atoms with van der Waals surface area (Å²) in [5.74, 6) is 0.661. The van der Waals surface area contributed by atoms with Gasteiger partial charge < -0.3 is 0 Å². The van der Waals surface area contributed by atoms with Gasteiger partial charge in [-0.05, 0) is 41.9 Å². The Hall–Kier alpha value is -2.60. The van der Waals surface area contributed by atoms with E-state index in [1.165, 1.54) is 5.56 Å². The number of aromatic amines is 1. The van der Waals surface area contributed by atoms with Gasteiger partial charge in [0.15, 0.2) is 5.82 Å². The van der Waals surface area contributed by atoms with Gasteiger partial charge in [0.2, 0.25) is 4.77 Å². The molecule has 6 heteroatoms. The predicted octanol–water partition coefficient (Wildman–Crippen LogP) is 3.45. The van der Waals surface area contributed by atoms with Crippen molar-refractivity contribution in [3.05, 3.63) is 64.7 Å². The third-order valence-electron chi connectivity index (χ3n) is 3.30. The van der Waals surface area contributed by atoms with Gasteiger partial charge in [0.1, 0.15) is 0 Å². The number of aromatic nitrogens is 4. The summed E-state index contributed by atoms with van der Waals surface area (Å²) in [6, 6.07) is 12.0. The zero-order chi connectivity index (χ0) is 15.4. The molecule has 0 saturated heterocycles. The van der Waals surface area contributed by atoms with Crippen LogP contribution >= 0.6 is 12.2 Å². The lowest BCUT2D eigenvalue weighted by molar-refractivity contribution is 0.871. The second kappa shape index (κ2) is 6.44. The van der Waals surface area contributed by atoms with Crippen LogP contribution in [0.1, 0.15) is 18.1 Å². The van der Waals surface area contributed by atoms with Crippen LogP contribution in [0.5, 0.6) is 0 Å². The minimum atomic E-state index is 0.452. The molecule has 1 N–H and O–H groups in total. The smallest absolute Gasteiger partial charge is 0.216 e. The lowest BCUT2D eigenvalue weighted by Crippen LogP contribution is -1.95. The van der Waals surface area contributed by atoms with Crippen LogP contribution in [0.15, 0.2) is 53.9 Å². The molecule has 0 radical (unpaired) electrons. The molecule has 0 aliphatic rings. The van der Waals surface area contributed by atoms with Crippen molar-refractivity contribution in [2.24, 2.45) is 5.10 Å². The van der Waals surface area contributed by atoms with Crippen LogP contribution in [0, 0.1) is 4.77 Å². The second-order valence-corrected chi connectivity index (χ2v) is 5.13. The Kier molecular flexibility index (Phi) is 4.20. The van der Waals surface area contributed by atoms with E-state index >= 15 is 0 Å². The number of benzene rings is 1. The van der Waals surface area contributed by atoms with E-state index < -0.39 is 0 Å². The van der Waals surface area contributed by atoms with Gasteiger partial charge in [-0.25, -0.2) is 5.10 Å². The van der Waals surface area contributed by atoms with Gasteiger partial charge in [-0.15, -0.1) is 0 Å². The highest BCUT2D eigenvalue weighted by Crippen LogP contribution is 2.15. The van der Waals surface area contributed by atoms with E-state index in [2.05, 4.69) is 39.3 Å². The predicted molar refractivity (Wildman–Crippen MR) is 89.5 cm³/mol. The highest BCUT2D eigenvalue weighted by molar-refractivity contribution is 7.71. The molecule has 3 rings (SSSR count). The molecule has 0 unspecified atom stereocenters. The highest BCUT2D eigenvalue weighted by atomic mass is 32.1. The van der Waals surface area contributed by atoms with Gasteiger partial charge in [-0.2, -0.15) is 14.9 Å². The summed E-state index contributed by atoms with van der Waals surface area (Å²) in [4.78, 5) is 4.01. The number of rotatable bonds is 4. The Morgan fingerprint density at radius 1 is 1.18 bits per heavy atom. The highest BCUT2D eigenvalue weighted by Gasteiger charge is 2.07. The van der Waals surface area contributed by atoms with E-state index in [1.807, 2.05) is 24.3 Å². The molecule has 110 valence electrons. The van der Waals surface area contributed by atoms with Crippen molar-refractivity contribution in [3.63, 3.8) is 0 Å². The van der Waals surface area contributed by atoms with Crippen LogP contribution in [-0.2, 0) is 6.42 Å². The third kappa shape index (κ3) is 3.01. The Morgan fingerprint density at radius 3 is 2.59 bits per heavy atom. The van der Waals surface area contributed by atoms with Gasteiger partial charge in [0.25, 0.3) is 0 Å². The fourth-order valence-corrected chi connectivity index (χ4v) is 2.23. The summed E-state index contributed by atoms with van der Waals surface area (Å²) in [5, 5.41) is 11.4. The quantitative estimate of drug-likeness (QED) is 0.593. The summed E-state index contributed by atoms with van der Waals surface area (Å²) in [6.07, 6.45) is 6.22.